The van der Waals surface area contributed by atoms with E-state index in [1.165, 1.54) is 11.8 Å². The zero-order valence-corrected chi connectivity index (χ0v) is 18.1. The minimum atomic E-state index is -0.167. The van der Waals surface area contributed by atoms with Crippen LogP contribution in [0.3, 0.4) is 0 Å². The fourth-order valence-electron chi connectivity index (χ4n) is 2.53. The summed E-state index contributed by atoms with van der Waals surface area (Å²) in [5.74, 6) is 1.17. The molecule has 2 aromatic carbocycles. The summed E-state index contributed by atoms with van der Waals surface area (Å²) in [5, 5.41) is 3.37. The molecule has 0 radical (unpaired) electrons. The molecule has 0 saturated carbocycles. The van der Waals surface area contributed by atoms with Gasteiger partial charge < -0.3 is 14.8 Å². The Morgan fingerprint density at radius 1 is 1.18 bits per heavy atom. The summed E-state index contributed by atoms with van der Waals surface area (Å²) in [6, 6.07) is 13.3. The molecule has 1 aliphatic rings. The average Bonchev–Trinajstić information content (AvgIpc) is 3.01. The van der Waals surface area contributed by atoms with Gasteiger partial charge in [0.05, 0.1) is 28.3 Å². The lowest BCUT2D eigenvalue weighted by molar-refractivity contribution is -0.115. The summed E-state index contributed by atoms with van der Waals surface area (Å²) in [6.07, 6.45) is 2.73. The van der Waals surface area contributed by atoms with Crippen molar-refractivity contribution >= 4 is 50.5 Å². The van der Waals surface area contributed by atoms with Gasteiger partial charge in [0, 0.05) is 0 Å². The maximum Gasteiger partial charge on any atom is 0.264 e. The van der Waals surface area contributed by atoms with Crippen molar-refractivity contribution in [2.75, 3.05) is 13.2 Å². The first-order valence-electron chi connectivity index (χ1n) is 9.04. The number of carbonyl (C=O) groups excluding carboxylic acids is 1. The van der Waals surface area contributed by atoms with E-state index in [-0.39, 0.29) is 5.91 Å². The summed E-state index contributed by atoms with van der Waals surface area (Å²) in [5.41, 5.74) is 1.64. The summed E-state index contributed by atoms with van der Waals surface area (Å²) in [6.45, 7) is 5.11. The number of benzene rings is 2. The predicted molar refractivity (Wildman–Crippen MR) is 118 cm³/mol. The van der Waals surface area contributed by atoms with Gasteiger partial charge in [-0.3, -0.25) is 4.79 Å². The predicted octanol–water partition coefficient (Wildman–Crippen LogP) is 5.53. The number of nitrogens with zero attached hydrogens (tertiary/aromatic N) is 1. The molecule has 1 fully saturated rings. The van der Waals surface area contributed by atoms with Crippen molar-refractivity contribution in [3.63, 3.8) is 0 Å². The van der Waals surface area contributed by atoms with E-state index in [9.17, 15) is 4.79 Å². The molecule has 7 heteroatoms. The Balaban J connectivity index is 1.86. The molecule has 1 amide bonds. The number of halogens is 1. The number of aliphatic imine (C=N–C) groups is 1. The van der Waals surface area contributed by atoms with E-state index in [0.717, 1.165) is 22.1 Å². The van der Waals surface area contributed by atoms with Crippen LogP contribution in [-0.2, 0) is 4.79 Å². The lowest BCUT2D eigenvalue weighted by Gasteiger charge is -2.14. The minimum absolute atomic E-state index is 0.167. The monoisotopic (exact) mass is 460 g/mol. The molecule has 1 saturated heterocycles. The summed E-state index contributed by atoms with van der Waals surface area (Å²) >= 11 is 4.87. The molecule has 5 nitrogen and oxygen atoms in total. The highest BCUT2D eigenvalue weighted by molar-refractivity contribution is 9.10. The molecule has 0 atom stereocenters. The Bertz CT molecular complexity index is 913. The van der Waals surface area contributed by atoms with Crippen LogP contribution in [0.4, 0.5) is 5.69 Å². The van der Waals surface area contributed by atoms with E-state index < -0.39 is 0 Å². The van der Waals surface area contributed by atoms with E-state index >= 15 is 0 Å². The van der Waals surface area contributed by atoms with Crippen LogP contribution in [0.25, 0.3) is 6.08 Å². The third-order valence-electron chi connectivity index (χ3n) is 3.72. The fraction of sp³-hybridized carbons (Fsp3) is 0.238. The second-order valence-electron chi connectivity index (χ2n) is 5.93. The number of amides is 1. The van der Waals surface area contributed by atoms with Gasteiger partial charge in [0.2, 0.25) is 0 Å². The molecule has 1 N–H and O–H groups in total. The first-order chi connectivity index (χ1) is 13.6. The van der Waals surface area contributed by atoms with Gasteiger partial charge in [0.25, 0.3) is 5.91 Å². The molecule has 0 spiro atoms. The summed E-state index contributed by atoms with van der Waals surface area (Å²) in [4.78, 5) is 17.4. The number of rotatable bonds is 7. The zero-order valence-electron chi connectivity index (χ0n) is 15.7. The van der Waals surface area contributed by atoms with Gasteiger partial charge in [-0.25, -0.2) is 4.99 Å². The molecule has 1 aliphatic heterocycles. The standard InChI is InChI=1S/C21H21BrN2O3S/c1-3-10-27-19-16(22)11-14(12-17(19)26-4-2)13-18-20(25)24-21(28-18)23-15-8-6-5-7-9-15/h5-9,11-13H,3-4,10H2,1-2H3,(H,23,24,25)/b18-13-. The van der Waals surface area contributed by atoms with Gasteiger partial charge in [-0.15, -0.1) is 0 Å². The van der Waals surface area contributed by atoms with Crippen LogP contribution in [0.5, 0.6) is 11.5 Å². The van der Waals surface area contributed by atoms with E-state index in [1.54, 1.807) is 0 Å². The van der Waals surface area contributed by atoms with Gasteiger partial charge in [0.1, 0.15) is 0 Å². The maximum absolute atomic E-state index is 12.3. The van der Waals surface area contributed by atoms with E-state index in [4.69, 9.17) is 9.47 Å². The molecular formula is C21H21BrN2O3S. The first kappa shape index (κ1) is 20.5. The largest absolute Gasteiger partial charge is 0.490 e. The van der Waals surface area contributed by atoms with Crippen molar-refractivity contribution < 1.29 is 14.3 Å². The Kier molecular flexibility index (Phi) is 7.17. The minimum Gasteiger partial charge on any atom is -0.490 e. The SMILES string of the molecule is CCCOc1c(Br)cc(/C=C2\SC(=Nc3ccccc3)NC2=O)cc1OCC. The van der Waals surface area contributed by atoms with Crippen molar-refractivity contribution in [3.05, 3.63) is 57.4 Å². The molecule has 0 unspecified atom stereocenters. The van der Waals surface area contributed by atoms with Crippen molar-refractivity contribution in [1.82, 2.24) is 5.32 Å². The van der Waals surface area contributed by atoms with Crippen molar-refractivity contribution in [3.8, 4) is 11.5 Å². The molecular weight excluding hydrogens is 440 g/mol. The molecule has 0 aromatic heterocycles. The van der Waals surface area contributed by atoms with E-state index in [2.05, 4.69) is 33.2 Å². The number of carbonyl (C=O) groups is 1. The van der Waals surface area contributed by atoms with Gasteiger partial charge in [-0.2, -0.15) is 0 Å². The number of thioether (sulfide) groups is 1. The lowest BCUT2D eigenvalue weighted by Crippen LogP contribution is -2.19. The number of nitrogens with one attached hydrogen (secondary N) is 1. The van der Waals surface area contributed by atoms with Crippen molar-refractivity contribution in [2.24, 2.45) is 4.99 Å². The van der Waals surface area contributed by atoms with Crippen LogP contribution in [0.1, 0.15) is 25.8 Å². The van der Waals surface area contributed by atoms with Gasteiger partial charge >= 0.3 is 0 Å². The molecule has 0 aliphatic carbocycles. The van der Waals surface area contributed by atoms with E-state index in [1.807, 2.05) is 55.5 Å². The van der Waals surface area contributed by atoms with Gasteiger partial charge in [0.15, 0.2) is 16.7 Å². The Hall–Kier alpha value is -2.25. The topological polar surface area (TPSA) is 59.9 Å². The fourth-order valence-corrected chi connectivity index (χ4v) is 3.95. The average molecular weight is 461 g/mol. The normalized spacial score (nSPS) is 16.5. The van der Waals surface area contributed by atoms with Crippen LogP contribution in [-0.4, -0.2) is 24.3 Å². The summed E-state index contributed by atoms with van der Waals surface area (Å²) in [7, 11) is 0. The first-order valence-corrected chi connectivity index (χ1v) is 10.7. The Morgan fingerprint density at radius 3 is 2.68 bits per heavy atom. The molecule has 2 aromatic rings. The van der Waals surface area contributed by atoms with Gasteiger partial charge in [-0.05, 0) is 76.9 Å². The third-order valence-corrected chi connectivity index (χ3v) is 5.22. The van der Waals surface area contributed by atoms with Crippen LogP contribution >= 0.6 is 27.7 Å². The number of hydrogen-bond donors (Lipinski definition) is 1. The summed E-state index contributed by atoms with van der Waals surface area (Å²) < 4.78 is 12.3. The van der Waals surface area contributed by atoms with Crippen molar-refractivity contribution in [1.29, 1.82) is 0 Å². The molecule has 146 valence electrons. The molecule has 0 bridgehead atoms. The quantitative estimate of drug-likeness (QED) is 0.551. The highest BCUT2D eigenvalue weighted by Gasteiger charge is 2.24. The lowest BCUT2D eigenvalue weighted by atomic mass is 10.2. The molecule has 28 heavy (non-hydrogen) atoms. The van der Waals surface area contributed by atoms with E-state index in [0.29, 0.717) is 34.8 Å². The zero-order chi connectivity index (χ0) is 19.9. The highest BCUT2D eigenvalue weighted by atomic mass is 79.9. The van der Waals surface area contributed by atoms with Gasteiger partial charge in [-0.1, -0.05) is 25.1 Å². The number of ether oxygens (including phenoxy) is 2. The highest BCUT2D eigenvalue weighted by Crippen LogP contribution is 2.38. The van der Waals surface area contributed by atoms with Crippen LogP contribution in [0.15, 0.2) is 56.8 Å². The van der Waals surface area contributed by atoms with Crippen LogP contribution in [0.2, 0.25) is 0 Å². The number of amidine groups is 1. The second-order valence-corrected chi connectivity index (χ2v) is 7.81. The number of para-hydroxylation sites is 1. The van der Waals surface area contributed by atoms with Crippen LogP contribution in [0, 0.1) is 0 Å². The Morgan fingerprint density at radius 2 is 1.96 bits per heavy atom. The molecule has 3 rings (SSSR count). The Labute approximate surface area is 177 Å². The second kappa shape index (κ2) is 9.80. The number of hydrogen-bond acceptors (Lipinski definition) is 5. The van der Waals surface area contributed by atoms with Crippen LogP contribution < -0.4 is 14.8 Å². The van der Waals surface area contributed by atoms with Crippen molar-refractivity contribution in [2.45, 2.75) is 20.3 Å². The smallest absolute Gasteiger partial charge is 0.264 e. The maximum atomic E-state index is 12.3. The molecule has 1 heterocycles. The third kappa shape index (κ3) is 5.17.